The summed E-state index contributed by atoms with van der Waals surface area (Å²) in [6.45, 7) is 3.40. The molecule has 19 heavy (non-hydrogen) atoms. The summed E-state index contributed by atoms with van der Waals surface area (Å²) in [5, 5.41) is 2.88. The van der Waals surface area contributed by atoms with Crippen molar-refractivity contribution < 1.29 is 31.1 Å². The highest BCUT2D eigenvalue weighted by atomic mass is 32.2. The zero-order valence-electron chi connectivity index (χ0n) is 10.3. The molecule has 2 aliphatic rings. The Morgan fingerprint density at radius 1 is 1.37 bits per heavy atom. The van der Waals surface area contributed by atoms with Crippen molar-refractivity contribution in [1.82, 2.24) is 10.0 Å². The van der Waals surface area contributed by atoms with E-state index in [2.05, 4.69) is 5.32 Å². The van der Waals surface area contributed by atoms with Gasteiger partial charge in [-0.25, -0.2) is 13.1 Å². The Labute approximate surface area is 108 Å². The molecule has 0 aromatic heterocycles. The lowest BCUT2D eigenvalue weighted by atomic mass is 10.1. The van der Waals surface area contributed by atoms with E-state index in [1.807, 2.05) is 0 Å². The molecule has 2 aliphatic heterocycles. The molecule has 112 valence electrons. The highest BCUT2D eigenvalue weighted by molar-refractivity contribution is 7.90. The third-order valence-corrected chi connectivity index (χ3v) is 4.15. The standard InChI is InChI=1S/C9H15F3N2O4S/c1-8(2)17-6-4-13-5(7(6)18-8)3-14-19(15,16)9(10,11)12/h5-7,13-14H,3-4H2,1-2H3/t5-,6-,7+/m1/s1. The van der Waals surface area contributed by atoms with Gasteiger partial charge in [-0.2, -0.15) is 13.2 Å². The fraction of sp³-hybridized carbons (Fsp3) is 1.00. The van der Waals surface area contributed by atoms with Gasteiger partial charge in [0, 0.05) is 19.1 Å². The third-order valence-electron chi connectivity index (χ3n) is 3.00. The quantitative estimate of drug-likeness (QED) is 0.762. The lowest BCUT2D eigenvalue weighted by Crippen LogP contribution is -2.47. The third kappa shape index (κ3) is 3.02. The minimum atomic E-state index is -5.33. The van der Waals surface area contributed by atoms with Gasteiger partial charge in [0.1, 0.15) is 12.2 Å². The average molecular weight is 304 g/mol. The van der Waals surface area contributed by atoms with E-state index >= 15 is 0 Å². The van der Waals surface area contributed by atoms with Crippen LogP contribution in [0.4, 0.5) is 13.2 Å². The smallest absolute Gasteiger partial charge is 0.343 e. The normalized spacial score (nSPS) is 34.5. The molecule has 0 radical (unpaired) electrons. The van der Waals surface area contributed by atoms with Crippen LogP contribution in [0.25, 0.3) is 0 Å². The van der Waals surface area contributed by atoms with Crippen LogP contribution in [-0.2, 0) is 19.5 Å². The van der Waals surface area contributed by atoms with E-state index in [0.29, 0.717) is 6.54 Å². The lowest BCUT2D eigenvalue weighted by Gasteiger charge is -2.22. The zero-order chi connectivity index (χ0) is 14.5. The van der Waals surface area contributed by atoms with Gasteiger partial charge in [-0.15, -0.1) is 0 Å². The number of hydrogen-bond donors (Lipinski definition) is 2. The van der Waals surface area contributed by atoms with E-state index in [0.717, 1.165) is 0 Å². The second-order valence-corrected chi connectivity index (χ2v) is 6.71. The van der Waals surface area contributed by atoms with Crippen LogP contribution in [0.3, 0.4) is 0 Å². The van der Waals surface area contributed by atoms with Crippen LogP contribution in [0.2, 0.25) is 0 Å². The van der Waals surface area contributed by atoms with Crippen molar-refractivity contribution in [1.29, 1.82) is 0 Å². The van der Waals surface area contributed by atoms with Crippen molar-refractivity contribution in [2.75, 3.05) is 13.1 Å². The monoisotopic (exact) mass is 304 g/mol. The molecule has 2 fully saturated rings. The summed E-state index contributed by atoms with van der Waals surface area (Å²) in [6.07, 6.45) is -0.749. The van der Waals surface area contributed by atoms with E-state index in [1.165, 1.54) is 4.72 Å². The Hall–Kier alpha value is -0.420. The second-order valence-electron chi connectivity index (χ2n) is 4.95. The van der Waals surface area contributed by atoms with Gasteiger partial charge in [0.15, 0.2) is 5.79 Å². The number of hydrogen-bond acceptors (Lipinski definition) is 5. The van der Waals surface area contributed by atoms with E-state index in [1.54, 1.807) is 13.8 Å². The molecule has 2 rings (SSSR count). The number of halogens is 3. The Morgan fingerprint density at radius 2 is 2.00 bits per heavy atom. The first-order valence-corrected chi connectivity index (χ1v) is 7.15. The summed E-state index contributed by atoms with van der Waals surface area (Å²) in [5.41, 5.74) is -5.31. The highest BCUT2D eigenvalue weighted by Crippen LogP contribution is 2.32. The number of nitrogens with one attached hydrogen (secondary N) is 2. The van der Waals surface area contributed by atoms with E-state index in [9.17, 15) is 21.6 Å². The first-order valence-electron chi connectivity index (χ1n) is 5.67. The van der Waals surface area contributed by atoms with Crippen molar-refractivity contribution in [2.45, 2.75) is 43.4 Å². The molecule has 0 amide bonds. The Bertz CT molecular complexity index is 451. The van der Waals surface area contributed by atoms with Gasteiger partial charge in [-0.1, -0.05) is 0 Å². The number of fused-ring (bicyclic) bond motifs is 1. The maximum absolute atomic E-state index is 12.2. The molecule has 0 unspecified atom stereocenters. The fourth-order valence-corrected chi connectivity index (χ4v) is 2.78. The van der Waals surface area contributed by atoms with Gasteiger partial charge < -0.3 is 14.8 Å². The minimum absolute atomic E-state index is 0.282. The van der Waals surface area contributed by atoms with Crippen LogP contribution in [0.15, 0.2) is 0 Å². The van der Waals surface area contributed by atoms with E-state index in [4.69, 9.17) is 9.47 Å². The number of alkyl halides is 3. The molecule has 0 aliphatic carbocycles. The summed E-state index contributed by atoms with van der Waals surface area (Å²) in [7, 11) is -5.33. The topological polar surface area (TPSA) is 76.7 Å². The minimum Gasteiger partial charge on any atom is -0.343 e. The maximum Gasteiger partial charge on any atom is 0.511 e. The summed E-state index contributed by atoms with van der Waals surface area (Å²) in [6, 6.07) is -0.552. The molecule has 2 N–H and O–H groups in total. The zero-order valence-corrected chi connectivity index (χ0v) is 11.1. The Kier molecular flexibility index (Phi) is 3.59. The van der Waals surface area contributed by atoms with Crippen molar-refractivity contribution in [2.24, 2.45) is 0 Å². The summed E-state index contributed by atoms with van der Waals surface area (Å²) >= 11 is 0. The van der Waals surface area contributed by atoms with Gasteiger partial charge >= 0.3 is 15.5 Å². The van der Waals surface area contributed by atoms with Crippen molar-refractivity contribution >= 4 is 10.0 Å². The van der Waals surface area contributed by atoms with Crippen molar-refractivity contribution in [3.8, 4) is 0 Å². The number of sulfonamides is 1. The first-order chi connectivity index (χ1) is 8.52. The molecule has 0 aromatic carbocycles. The van der Waals surface area contributed by atoms with Gasteiger partial charge in [0.2, 0.25) is 0 Å². The molecule has 10 heteroatoms. The Morgan fingerprint density at radius 3 is 2.58 bits per heavy atom. The molecule has 0 spiro atoms. The van der Waals surface area contributed by atoms with Crippen LogP contribution in [-0.4, -0.2) is 51.1 Å². The first kappa shape index (κ1) is 15.0. The van der Waals surface area contributed by atoms with Crippen molar-refractivity contribution in [3.05, 3.63) is 0 Å². The lowest BCUT2D eigenvalue weighted by molar-refractivity contribution is -0.152. The second kappa shape index (κ2) is 4.55. The molecular formula is C9H15F3N2O4S. The molecule has 3 atom stereocenters. The van der Waals surface area contributed by atoms with Gasteiger partial charge in [-0.3, -0.25) is 0 Å². The Balaban J connectivity index is 1.95. The largest absolute Gasteiger partial charge is 0.511 e. The molecule has 6 nitrogen and oxygen atoms in total. The van der Waals surface area contributed by atoms with Crippen LogP contribution in [0.1, 0.15) is 13.8 Å². The number of rotatable bonds is 3. The molecule has 0 aromatic rings. The summed E-state index contributed by atoms with van der Waals surface area (Å²) in [4.78, 5) is 0. The van der Waals surface area contributed by atoms with Gasteiger partial charge in [-0.05, 0) is 13.8 Å². The number of ether oxygens (including phenoxy) is 2. The average Bonchev–Trinajstić information content (AvgIpc) is 2.68. The van der Waals surface area contributed by atoms with Crippen molar-refractivity contribution in [3.63, 3.8) is 0 Å². The van der Waals surface area contributed by atoms with Crippen LogP contribution in [0.5, 0.6) is 0 Å². The van der Waals surface area contributed by atoms with Crippen LogP contribution < -0.4 is 10.0 Å². The summed E-state index contributed by atoms with van der Waals surface area (Å²) in [5.74, 6) is -0.807. The van der Waals surface area contributed by atoms with Gasteiger partial charge in [0.05, 0.1) is 0 Å². The predicted octanol–water partition coefficient (Wildman–Crippen LogP) is -0.0825. The molecule has 2 heterocycles. The van der Waals surface area contributed by atoms with E-state index in [-0.39, 0.29) is 6.10 Å². The maximum atomic E-state index is 12.2. The molecule has 0 bridgehead atoms. The van der Waals surface area contributed by atoms with E-state index < -0.39 is 40.0 Å². The predicted molar refractivity (Wildman–Crippen MR) is 58.6 cm³/mol. The van der Waals surface area contributed by atoms with Crippen LogP contribution >= 0.6 is 0 Å². The highest BCUT2D eigenvalue weighted by Gasteiger charge is 2.50. The SMILES string of the molecule is CC1(C)O[C@H]2[C@@H](CNS(=O)(=O)C(F)(F)F)NC[C@H]2O1. The fourth-order valence-electron chi connectivity index (χ4n) is 2.22. The van der Waals surface area contributed by atoms with Crippen LogP contribution in [0, 0.1) is 0 Å². The molecular weight excluding hydrogens is 289 g/mol. The molecule has 2 saturated heterocycles. The summed E-state index contributed by atoms with van der Waals surface area (Å²) < 4.78 is 70.9. The molecule has 0 saturated carbocycles. The van der Waals surface area contributed by atoms with Gasteiger partial charge in [0.25, 0.3) is 0 Å².